The first-order chi connectivity index (χ1) is 16.1. The van der Waals surface area contributed by atoms with Crippen LogP contribution in [0.5, 0.6) is 0 Å². The third-order valence-corrected chi connectivity index (χ3v) is 4.95. The molecular weight excluding hydrogens is 480 g/mol. The maximum absolute atomic E-state index is 12.4. The summed E-state index contributed by atoms with van der Waals surface area (Å²) in [6.07, 6.45) is -0.372. The van der Waals surface area contributed by atoms with E-state index in [1.165, 1.54) is 24.1 Å². The van der Waals surface area contributed by atoms with E-state index in [1.807, 2.05) is 19.0 Å². The Kier molecular flexibility index (Phi) is 11.8. The summed E-state index contributed by atoms with van der Waals surface area (Å²) in [6, 6.07) is 10.8. The molecule has 0 atom stereocenters. The van der Waals surface area contributed by atoms with Gasteiger partial charge in [0.25, 0.3) is 5.69 Å². The zero-order valence-electron chi connectivity index (χ0n) is 20.0. The largest absolute Gasteiger partial charge is 1.00 e. The highest BCUT2D eigenvalue weighted by Crippen LogP contribution is 2.22. The molecule has 2 amide bonds. The molecule has 0 spiro atoms. The van der Waals surface area contributed by atoms with Crippen LogP contribution >= 0.6 is 0 Å². The number of carbonyl (C=O) groups excluding carboxylic acids is 3. The molecule has 0 aliphatic heterocycles. The second kappa shape index (κ2) is 14.0. The van der Waals surface area contributed by atoms with Gasteiger partial charge < -0.3 is 26.8 Å². The lowest BCUT2D eigenvalue weighted by atomic mass is 10.1. The number of rotatable bonds is 10. The van der Waals surface area contributed by atoms with Gasteiger partial charge in [0, 0.05) is 25.3 Å². The van der Waals surface area contributed by atoms with Crippen molar-refractivity contribution in [3.8, 4) is 0 Å². The van der Waals surface area contributed by atoms with Gasteiger partial charge in [-0.3, -0.25) is 20.3 Å². The number of esters is 1. The van der Waals surface area contributed by atoms with Crippen molar-refractivity contribution in [2.24, 2.45) is 0 Å². The number of primary amides is 1. The minimum absolute atomic E-state index is 0. The highest BCUT2D eigenvalue weighted by molar-refractivity contribution is 5.94. The number of nitrogens with zero attached hydrogens (tertiary/aromatic N) is 3. The average molecular weight is 509 g/mol. The van der Waals surface area contributed by atoms with Gasteiger partial charge in [-0.15, -0.1) is 0 Å². The van der Waals surface area contributed by atoms with Crippen LogP contribution in [0, 0.1) is 10.1 Å². The standard InChI is InChI=1S/C23H28N4O7.ClH/c1-25(2)12-11-24-21(28)14-16-5-8-18(9-6-16)26(3)23(30)34-15-17-7-10-20(27(31)32)19(13-17)22(29)33-4;/h5-10,13H,11-12,14-15H2,1-4H3,(H,24,28);1H. The Morgan fingerprint density at radius 1 is 1.03 bits per heavy atom. The minimum atomic E-state index is -0.856. The van der Waals surface area contributed by atoms with Gasteiger partial charge in [-0.05, 0) is 49.5 Å². The molecule has 2 aromatic rings. The third-order valence-electron chi connectivity index (χ3n) is 4.95. The molecule has 35 heavy (non-hydrogen) atoms. The number of methoxy groups -OCH3 is 1. The quantitative estimate of drug-likeness (QED) is 0.229. The van der Waals surface area contributed by atoms with Gasteiger partial charge in [-0.1, -0.05) is 12.1 Å². The number of ether oxygens (including phenoxy) is 2. The average Bonchev–Trinajstić information content (AvgIpc) is 2.81. The maximum atomic E-state index is 12.4. The number of likely N-dealkylation sites (N-methyl/N-ethyl adjacent to an activating group) is 1. The lowest BCUT2D eigenvalue weighted by Gasteiger charge is -2.17. The SMILES string of the molecule is COC(=O)c1cc(COC(=O)N(C)c2ccc(CC(=O)[NH2+]CCN(C)C)cc2)ccc1[N+](=O)[O-].[Cl-]. The van der Waals surface area contributed by atoms with E-state index in [-0.39, 0.29) is 36.9 Å². The number of nitro benzene ring substituents is 1. The fraction of sp³-hybridized carbons (Fsp3) is 0.348. The Morgan fingerprint density at radius 2 is 1.66 bits per heavy atom. The first-order valence-corrected chi connectivity index (χ1v) is 10.5. The smallest absolute Gasteiger partial charge is 0.414 e. The number of nitro groups is 1. The lowest BCUT2D eigenvalue weighted by Crippen LogP contribution is -3.00. The van der Waals surface area contributed by atoms with E-state index in [2.05, 4.69) is 4.74 Å². The van der Waals surface area contributed by atoms with Crippen molar-refractivity contribution in [1.82, 2.24) is 4.90 Å². The molecule has 0 heterocycles. The van der Waals surface area contributed by atoms with E-state index >= 15 is 0 Å². The molecule has 0 aliphatic carbocycles. The Morgan fingerprint density at radius 3 is 2.23 bits per heavy atom. The Bertz CT molecular complexity index is 1040. The molecular formula is C23H29ClN4O7. The first kappa shape index (κ1) is 29.5. The second-order valence-electron chi connectivity index (χ2n) is 7.82. The topological polar surface area (TPSA) is 136 Å². The predicted molar refractivity (Wildman–Crippen MR) is 124 cm³/mol. The van der Waals surface area contributed by atoms with Gasteiger partial charge >= 0.3 is 18.0 Å². The molecule has 0 unspecified atom stereocenters. The number of carbonyl (C=O) groups is 3. The van der Waals surface area contributed by atoms with Crippen LogP contribution in [-0.2, 0) is 27.3 Å². The maximum Gasteiger partial charge on any atom is 0.414 e. The van der Waals surface area contributed by atoms with Gasteiger partial charge in [-0.2, -0.15) is 0 Å². The van der Waals surface area contributed by atoms with E-state index in [4.69, 9.17) is 4.74 Å². The van der Waals surface area contributed by atoms with Crippen molar-refractivity contribution < 1.29 is 46.5 Å². The van der Waals surface area contributed by atoms with Crippen LogP contribution in [0.3, 0.4) is 0 Å². The predicted octanol–water partition coefficient (Wildman–Crippen LogP) is -1.65. The zero-order valence-corrected chi connectivity index (χ0v) is 20.8. The number of hydrogen-bond acceptors (Lipinski definition) is 8. The highest BCUT2D eigenvalue weighted by atomic mass is 35.5. The van der Waals surface area contributed by atoms with Crippen LogP contribution in [-0.4, -0.2) is 69.1 Å². The lowest BCUT2D eigenvalue weighted by molar-refractivity contribution is -0.568. The van der Waals surface area contributed by atoms with Crippen molar-refractivity contribution in [3.63, 3.8) is 0 Å². The van der Waals surface area contributed by atoms with Crippen molar-refractivity contribution >= 4 is 29.3 Å². The number of anilines is 1. The molecule has 2 N–H and O–H groups in total. The van der Waals surface area contributed by atoms with Crippen molar-refractivity contribution in [3.05, 3.63) is 69.3 Å². The summed E-state index contributed by atoms with van der Waals surface area (Å²) in [4.78, 5) is 50.0. The molecule has 0 aliphatic rings. The molecule has 190 valence electrons. The van der Waals surface area contributed by atoms with Gasteiger partial charge in [0.05, 0.1) is 25.0 Å². The summed E-state index contributed by atoms with van der Waals surface area (Å²) in [5.41, 5.74) is 1.17. The van der Waals surface area contributed by atoms with Gasteiger partial charge in [-0.25, -0.2) is 14.4 Å². The van der Waals surface area contributed by atoms with E-state index < -0.39 is 22.7 Å². The van der Waals surface area contributed by atoms with Crippen LogP contribution in [0.4, 0.5) is 16.2 Å². The van der Waals surface area contributed by atoms with E-state index in [1.54, 1.807) is 29.6 Å². The summed E-state index contributed by atoms with van der Waals surface area (Å²) >= 11 is 0. The molecule has 2 rings (SSSR count). The van der Waals surface area contributed by atoms with Gasteiger partial charge in [0.15, 0.2) is 0 Å². The number of hydrogen-bond donors (Lipinski definition) is 1. The minimum Gasteiger partial charge on any atom is -1.00 e. The summed E-state index contributed by atoms with van der Waals surface area (Å²) in [6.45, 7) is 1.30. The monoisotopic (exact) mass is 508 g/mol. The molecule has 0 saturated heterocycles. The van der Waals surface area contributed by atoms with E-state index in [0.717, 1.165) is 25.3 Å². The molecule has 0 fully saturated rings. The number of benzene rings is 2. The third kappa shape index (κ3) is 8.96. The highest BCUT2D eigenvalue weighted by Gasteiger charge is 2.22. The number of quaternary nitrogens is 1. The van der Waals surface area contributed by atoms with Gasteiger partial charge in [0.2, 0.25) is 0 Å². The molecule has 12 heteroatoms. The molecule has 0 aromatic heterocycles. The molecule has 0 bridgehead atoms. The normalized spacial score (nSPS) is 10.3. The Hall–Kier alpha value is -3.54. The van der Waals surface area contributed by atoms with E-state index in [0.29, 0.717) is 17.8 Å². The summed E-state index contributed by atoms with van der Waals surface area (Å²) in [5, 5.41) is 12.8. The van der Waals surface area contributed by atoms with Crippen LogP contribution in [0.1, 0.15) is 21.5 Å². The molecule has 0 saturated carbocycles. The van der Waals surface area contributed by atoms with Gasteiger partial charge in [0.1, 0.15) is 12.2 Å². The number of nitrogens with two attached hydrogens (primary N) is 1. The fourth-order valence-corrected chi connectivity index (χ4v) is 3.05. The number of halogens is 1. The Labute approximate surface area is 209 Å². The van der Waals surface area contributed by atoms with Crippen molar-refractivity contribution in [2.45, 2.75) is 13.0 Å². The fourth-order valence-electron chi connectivity index (χ4n) is 3.05. The van der Waals surface area contributed by atoms with Crippen LogP contribution in [0.2, 0.25) is 0 Å². The van der Waals surface area contributed by atoms with Crippen LogP contribution in [0.25, 0.3) is 0 Å². The molecule has 0 radical (unpaired) electrons. The van der Waals surface area contributed by atoms with Crippen LogP contribution in [0.15, 0.2) is 42.5 Å². The first-order valence-electron chi connectivity index (χ1n) is 10.5. The Balaban J connectivity index is 0.00000612. The van der Waals surface area contributed by atoms with Crippen molar-refractivity contribution in [1.29, 1.82) is 0 Å². The molecule has 11 nitrogen and oxygen atoms in total. The second-order valence-corrected chi connectivity index (χ2v) is 7.82. The zero-order chi connectivity index (χ0) is 25.3. The summed E-state index contributed by atoms with van der Waals surface area (Å²) in [5.74, 6) is -0.817. The summed E-state index contributed by atoms with van der Waals surface area (Å²) < 4.78 is 9.85. The van der Waals surface area contributed by atoms with Crippen molar-refractivity contribution in [2.75, 3.05) is 46.2 Å². The van der Waals surface area contributed by atoms with Crippen LogP contribution < -0.4 is 22.6 Å². The summed E-state index contributed by atoms with van der Waals surface area (Å²) in [7, 11) is 6.56. The number of amides is 2. The molecule has 2 aromatic carbocycles. The van der Waals surface area contributed by atoms with E-state index in [9.17, 15) is 24.5 Å².